The first-order chi connectivity index (χ1) is 9.35. The molecule has 0 saturated heterocycles. The second kappa shape index (κ2) is 6.60. The summed E-state index contributed by atoms with van der Waals surface area (Å²) < 4.78 is 30.2. The van der Waals surface area contributed by atoms with Gasteiger partial charge in [0.15, 0.2) is 0 Å². The molecule has 0 aromatic heterocycles. The SMILES string of the molecule is CC[C@H](C(=O)NC)N(c1ccc(OC)cc1)S(C)(=O)=O. The highest BCUT2D eigenvalue weighted by atomic mass is 32.2. The Morgan fingerprint density at radius 2 is 1.90 bits per heavy atom. The third-order valence-corrected chi connectivity index (χ3v) is 4.08. The van der Waals surface area contributed by atoms with E-state index in [9.17, 15) is 13.2 Å². The summed E-state index contributed by atoms with van der Waals surface area (Å²) >= 11 is 0. The zero-order valence-corrected chi connectivity index (χ0v) is 12.9. The molecule has 1 aromatic carbocycles. The molecule has 0 aliphatic carbocycles. The average molecular weight is 300 g/mol. The van der Waals surface area contributed by atoms with Gasteiger partial charge in [0.2, 0.25) is 15.9 Å². The number of ether oxygens (including phenoxy) is 1. The van der Waals surface area contributed by atoms with Crippen molar-refractivity contribution in [3.63, 3.8) is 0 Å². The van der Waals surface area contributed by atoms with E-state index >= 15 is 0 Å². The maximum Gasteiger partial charge on any atom is 0.243 e. The van der Waals surface area contributed by atoms with Gasteiger partial charge in [-0.2, -0.15) is 0 Å². The minimum absolute atomic E-state index is 0.339. The maximum absolute atomic E-state index is 12.0. The topological polar surface area (TPSA) is 75.7 Å². The lowest BCUT2D eigenvalue weighted by Crippen LogP contribution is -2.48. The summed E-state index contributed by atoms with van der Waals surface area (Å²) in [6.07, 6.45) is 1.46. The normalized spacial score (nSPS) is 12.6. The van der Waals surface area contributed by atoms with Crippen molar-refractivity contribution in [3.8, 4) is 5.75 Å². The Hall–Kier alpha value is -1.76. The van der Waals surface area contributed by atoms with Gasteiger partial charge in [0.1, 0.15) is 11.8 Å². The van der Waals surface area contributed by atoms with Crippen molar-refractivity contribution in [3.05, 3.63) is 24.3 Å². The van der Waals surface area contributed by atoms with Gasteiger partial charge in [0.25, 0.3) is 0 Å². The lowest BCUT2D eigenvalue weighted by molar-refractivity contribution is -0.121. The Bertz CT molecular complexity index is 554. The first-order valence-electron chi connectivity index (χ1n) is 6.20. The van der Waals surface area contributed by atoms with Crippen LogP contribution in [0.15, 0.2) is 24.3 Å². The second-order valence-electron chi connectivity index (χ2n) is 4.30. The fourth-order valence-electron chi connectivity index (χ4n) is 1.96. The predicted molar refractivity (Wildman–Crippen MR) is 78.5 cm³/mol. The van der Waals surface area contributed by atoms with Crippen LogP contribution in [0.5, 0.6) is 5.75 Å². The monoisotopic (exact) mass is 300 g/mol. The highest BCUT2D eigenvalue weighted by Gasteiger charge is 2.30. The number of sulfonamides is 1. The Morgan fingerprint density at radius 3 is 2.25 bits per heavy atom. The van der Waals surface area contributed by atoms with E-state index in [0.29, 0.717) is 17.9 Å². The lowest BCUT2D eigenvalue weighted by Gasteiger charge is -2.29. The summed E-state index contributed by atoms with van der Waals surface area (Å²) in [7, 11) is -0.556. The average Bonchev–Trinajstić information content (AvgIpc) is 2.42. The molecular weight excluding hydrogens is 280 g/mol. The van der Waals surface area contributed by atoms with Crippen molar-refractivity contribution in [1.29, 1.82) is 0 Å². The number of benzene rings is 1. The van der Waals surface area contributed by atoms with Crippen LogP contribution in [0.1, 0.15) is 13.3 Å². The van der Waals surface area contributed by atoms with E-state index in [4.69, 9.17) is 4.74 Å². The third-order valence-electron chi connectivity index (χ3n) is 2.90. The van der Waals surface area contributed by atoms with Crippen LogP contribution in [0, 0.1) is 0 Å². The number of methoxy groups -OCH3 is 1. The van der Waals surface area contributed by atoms with E-state index < -0.39 is 16.1 Å². The number of amides is 1. The standard InChI is InChI=1S/C13H20N2O4S/c1-5-12(13(16)14-2)15(20(4,17)18)10-6-8-11(19-3)9-7-10/h6-9,12H,5H2,1-4H3,(H,14,16)/t12-/m1/s1. The number of likely N-dealkylation sites (N-methyl/N-ethyl adjacent to an activating group) is 1. The van der Waals surface area contributed by atoms with Crippen molar-refractivity contribution in [2.75, 3.05) is 24.7 Å². The summed E-state index contributed by atoms with van der Waals surface area (Å²) in [5.41, 5.74) is 0.434. The molecule has 6 nitrogen and oxygen atoms in total. The van der Waals surface area contributed by atoms with Crippen LogP contribution in [-0.2, 0) is 14.8 Å². The Morgan fingerprint density at radius 1 is 1.35 bits per heavy atom. The molecule has 0 aliphatic rings. The van der Waals surface area contributed by atoms with Crippen LogP contribution in [0.4, 0.5) is 5.69 Å². The molecule has 7 heteroatoms. The van der Waals surface area contributed by atoms with E-state index in [2.05, 4.69) is 5.32 Å². The number of carbonyl (C=O) groups is 1. The van der Waals surface area contributed by atoms with E-state index in [0.717, 1.165) is 10.6 Å². The number of rotatable bonds is 6. The number of nitrogens with zero attached hydrogens (tertiary/aromatic N) is 1. The molecular formula is C13H20N2O4S. The minimum Gasteiger partial charge on any atom is -0.497 e. The van der Waals surface area contributed by atoms with E-state index in [1.165, 1.54) is 14.2 Å². The van der Waals surface area contributed by atoms with Crippen molar-refractivity contribution in [2.45, 2.75) is 19.4 Å². The molecule has 1 N–H and O–H groups in total. The molecule has 1 atom stereocenters. The predicted octanol–water partition coefficient (Wildman–Crippen LogP) is 0.986. The molecule has 0 unspecified atom stereocenters. The van der Waals surface area contributed by atoms with Crippen LogP contribution in [0.25, 0.3) is 0 Å². The van der Waals surface area contributed by atoms with Gasteiger partial charge in [-0.25, -0.2) is 8.42 Å². The number of carbonyl (C=O) groups excluding carboxylic acids is 1. The van der Waals surface area contributed by atoms with Crippen molar-refractivity contribution in [2.24, 2.45) is 0 Å². The summed E-state index contributed by atoms with van der Waals surface area (Å²) in [5, 5.41) is 2.49. The van der Waals surface area contributed by atoms with Gasteiger partial charge >= 0.3 is 0 Å². The van der Waals surface area contributed by atoms with Gasteiger partial charge in [-0.05, 0) is 30.7 Å². The molecule has 20 heavy (non-hydrogen) atoms. The minimum atomic E-state index is -3.57. The van der Waals surface area contributed by atoms with Gasteiger partial charge in [0, 0.05) is 7.05 Å². The van der Waals surface area contributed by atoms with Crippen molar-refractivity contribution < 1.29 is 17.9 Å². The van der Waals surface area contributed by atoms with Gasteiger partial charge in [-0.3, -0.25) is 9.10 Å². The number of nitrogens with one attached hydrogen (secondary N) is 1. The zero-order chi connectivity index (χ0) is 15.3. The van der Waals surface area contributed by atoms with Crippen molar-refractivity contribution >= 4 is 21.6 Å². The van der Waals surface area contributed by atoms with Crippen LogP contribution in [0.3, 0.4) is 0 Å². The van der Waals surface area contributed by atoms with Crippen LogP contribution in [0.2, 0.25) is 0 Å². The number of hydrogen-bond donors (Lipinski definition) is 1. The summed E-state index contributed by atoms with van der Waals surface area (Å²) in [5.74, 6) is 0.281. The fourth-order valence-corrected chi connectivity index (χ4v) is 3.17. The molecule has 1 rings (SSSR count). The lowest BCUT2D eigenvalue weighted by atomic mass is 10.2. The van der Waals surface area contributed by atoms with Crippen LogP contribution < -0.4 is 14.4 Å². The molecule has 1 aromatic rings. The Labute approximate surface area is 119 Å². The molecule has 0 radical (unpaired) electrons. The fraction of sp³-hybridized carbons (Fsp3) is 0.462. The first-order valence-corrected chi connectivity index (χ1v) is 8.05. The van der Waals surface area contributed by atoms with Gasteiger partial charge in [-0.15, -0.1) is 0 Å². The third kappa shape index (κ3) is 3.63. The highest BCUT2D eigenvalue weighted by Crippen LogP contribution is 2.24. The Kier molecular flexibility index (Phi) is 5.38. The summed E-state index contributed by atoms with van der Waals surface area (Å²) in [6, 6.07) is 5.77. The molecule has 0 fully saturated rings. The molecule has 0 heterocycles. The van der Waals surface area contributed by atoms with Gasteiger partial charge in [-0.1, -0.05) is 6.92 Å². The highest BCUT2D eigenvalue weighted by molar-refractivity contribution is 7.92. The first kappa shape index (κ1) is 16.3. The largest absolute Gasteiger partial charge is 0.497 e. The van der Waals surface area contributed by atoms with Crippen molar-refractivity contribution in [1.82, 2.24) is 5.32 Å². The number of hydrogen-bond acceptors (Lipinski definition) is 4. The molecule has 112 valence electrons. The number of anilines is 1. The van der Waals surface area contributed by atoms with Crippen LogP contribution >= 0.6 is 0 Å². The summed E-state index contributed by atoms with van der Waals surface area (Å²) in [4.78, 5) is 11.9. The molecule has 0 bridgehead atoms. The van der Waals surface area contributed by atoms with Crippen LogP contribution in [-0.4, -0.2) is 40.8 Å². The quantitative estimate of drug-likeness (QED) is 0.850. The molecule has 0 aliphatic heterocycles. The smallest absolute Gasteiger partial charge is 0.243 e. The second-order valence-corrected chi connectivity index (χ2v) is 6.15. The van der Waals surface area contributed by atoms with Gasteiger partial charge in [0.05, 0.1) is 19.1 Å². The summed E-state index contributed by atoms with van der Waals surface area (Å²) in [6.45, 7) is 1.77. The van der Waals surface area contributed by atoms with E-state index in [1.807, 2.05) is 0 Å². The molecule has 0 saturated carbocycles. The molecule has 0 spiro atoms. The van der Waals surface area contributed by atoms with Gasteiger partial charge < -0.3 is 10.1 Å². The Balaban J connectivity index is 3.28. The zero-order valence-electron chi connectivity index (χ0n) is 12.1. The van der Waals surface area contributed by atoms with E-state index in [-0.39, 0.29) is 5.91 Å². The molecule has 1 amide bonds. The van der Waals surface area contributed by atoms with E-state index in [1.54, 1.807) is 31.2 Å². The maximum atomic E-state index is 12.0.